The fourth-order valence-corrected chi connectivity index (χ4v) is 1.68. The molecule has 7 heteroatoms. The van der Waals surface area contributed by atoms with Crippen molar-refractivity contribution in [2.75, 3.05) is 6.54 Å². The third kappa shape index (κ3) is 3.00. The first-order valence-electron chi connectivity index (χ1n) is 5.96. The number of amides is 1. The second-order valence-electron chi connectivity index (χ2n) is 4.66. The molecule has 0 radical (unpaired) electrons. The van der Waals surface area contributed by atoms with Gasteiger partial charge in [-0.2, -0.15) is 0 Å². The van der Waals surface area contributed by atoms with Crippen LogP contribution >= 0.6 is 0 Å². The molecule has 1 heterocycles. The quantitative estimate of drug-likeness (QED) is 0.876. The second kappa shape index (κ2) is 5.38. The van der Waals surface area contributed by atoms with Crippen molar-refractivity contribution in [1.29, 1.82) is 0 Å². The van der Waals surface area contributed by atoms with E-state index in [2.05, 4.69) is 20.3 Å². The molecule has 1 atom stereocenters. The molecule has 0 spiro atoms. The zero-order valence-electron chi connectivity index (χ0n) is 11.1. The Kier molecular flexibility index (Phi) is 3.80. The number of aliphatic hydroxyl groups is 1. The first kappa shape index (κ1) is 14.1. The Morgan fingerprint density at radius 3 is 2.60 bits per heavy atom. The summed E-state index contributed by atoms with van der Waals surface area (Å²) in [5, 5.41) is 19.8. The lowest BCUT2D eigenvalue weighted by Gasteiger charge is -2.24. The molecule has 1 unspecified atom stereocenters. The number of aryl methyl sites for hydroxylation is 1. The molecular formula is C13H14FN3O3. The van der Waals surface area contributed by atoms with Gasteiger partial charge in [0.05, 0.1) is 6.54 Å². The van der Waals surface area contributed by atoms with Crippen LogP contribution in [0.4, 0.5) is 4.39 Å². The zero-order chi connectivity index (χ0) is 14.8. The predicted octanol–water partition coefficient (Wildman–Crippen LogP) is 1.15. The molecule has 0 aliphatic rings. The molecule has 0 fully saturated rings. The van der Waals surface area contributed by atoms with Gasteiger partial charge in [0.2, 0.25) is 0 Å². The summed E-state index contributed by atoms with van der Waals surface area (Å²) < 4.78 is 17.3. The minimum Gasteiger partial charge on any atom is -0.384 e. The Bertz CT molecular complexity index is 608. The lowest BCUT2D eigenvalue weighted by Crippen LogP contribution is -2.38. The van der Waals surface area contributed by atoms with E-state index in [1.54, 1.807) is 6.92 Å². The van der Waals surface area contributed by atoms with Gasteiger partial charge in [0, 0.05) is 0 Å². The van der Waals surface area contributed by atoms with Crippen molar-refractivity contribution in [3.63, 3.8) is 0 Å². The number of carbonyl (C=O) groups excluding carboxylic acids is 1. The number of aromatic nitrogens is 2. The molecule has 106 valence electrons. The molecule has 0 aliphatic carbocycles. The van der Waals surface area contributed by atoms with Gasteiger partial charge in [0.15, 0.2) is 5.69 Å². The molecule has 1 amide bonds. The maximum absolute atomic E-state index is 12.8. The van der Waals surface area contributed by atoms with Gasteiger partial charge in [0.1, 0.15) is 17.1 Å². The molecule has 2 N–H and O–H groups in total. The summed E-state index contributed by atoms with van der Waals surface area (Å²) in [6.07, 6.45) is 0. The molecule has 1 aromatic heterocycles. The molecule has 20 heavy (non-hydrogen) atoms. The van der Waals surface area contributed by atoms with Crippen molar-refractivity contribution in [3.05, 3.63) is 47.0 Å². The average Bonchev–Trinajstić information content (AvgIpc) is 2.83. The van der Waals surface area contributed by atoms with E-state index >= 15 is 0 Å². The van der Waals surface area contributed by atoms with Gasteiger partial charge in [-0.25, -0.2) is 9.02 Å². The summed E-state index contributed by atoms with van der Waals surface area (Å²) in [6.45, 7) is 3.06. The van der Waals surface area contributed by atoms with Gasteiger partial charge >= 0.3 is 0 Å². The lowest BCUT2D eigenvalue weighted by molar-refractivity contribution is 0.0523. The van der Waals surface area contributed by atoms with Crippen molar-refractivity contribution < 1.29 is 18.9 Å². The zero-order valence-corrected chi connectivity index (χ0v) is 11.1. The third-order valence-corrected chi connectivity index (χ3v) is 2.93. The molecule has 2 rings (SSSR count). The van der Waals surface area contributed by atoms with E-state index in [1.165, 1.54) is 31.2 Å². The Hall–Kier alpha value is -2.28. The van der Waals surface area contributed by atoms with Gasteiger partial charge in [-0.1, -0.05) is 17.3 Å². The molecule has 0 bridgehead atoms. The predicted molar refractivity (Wildman–Crippen MR) is 67.3 cm³/mol. The first-order chi connectivity index (χ1) is 9.40. The van der Waals surface area contributed by atoms with Crippen LogP contribution in [-0.4, -0.2) is 27.9 Å². The molecule has 1 aromatic carbocycles. The number of nitrogens with one attached hydrogen (secondary N) is 1. The standard InChI is InChI=1S/C13H14FN3O3/c1-8-11(17-20-16-8)12(18)15-7-13(2,19)9-3-5-10(14)6-4-9/h3-6,19H,7H2,1-2H3,(H,15,18). The molecule has 2 aromatic rings. The molecule has 0 saturated heterocycles. The van der Waals surface area contributed by atoms with Crippen LogP contribution in [0, 0.1) is 12.7 Å². The summed E-state index contributed by atoms with van der Waals surface area (Å²) in [5.41, 5.74) is -0.396. The highest BCUT2D eigenvalue weighted by molar-refractivity contribution is 5.93. The van der Waals surface area contributed by atoms with Crippen LogP contribution in [-0.2, 0) is 5.60 Å². The fourth-order valence-electron chi connectivity index (χ4n) is 1.68. The number of hydrogen-bond donors (Lipinski definition) is 2. The summed E-state index contributed by atoms with van der Waals surface area (Å²) in [7, 11) is 0. The monoisotopic (exact) mass is 279 g/mol. The van der Waals surface area contributed by atoms with E-state index in [0.29, 0.717) is 11.3 Å². The van der Waals surface area contributed by atoms with Crippen LogP contribution in [0.15, 0.2) is 28.9 Å². The second-order valence-corrected chi connectivity index (χ2v) is 4.66. The Morgan fingerprint density at radius 1 is 1.40 bits per heavy atom. The van der Waals surface area contributed by atoms with Crippen molar-refractivity contribution in [2.45, 2.75) is 19.4 Å². The van der Waals surface area contributed by atoms with E-state index in [0.717, 1.165) is 0 Å². The topological polar surface area (TPSA) is 88.2 Å². The highest BCUT2D eigenvalue weighted by Gasteiger charge is 2.25. The maximum Gasteiger partial charge on any atom is 0.275 e. The summed E-state index contributed by atoms with van der Waals surface area (Å²) in [6, 6.07) is 5.42. The summed E-state index contributed by atoms with van der Waals surface area (Å²) >= 11 is 0. The van der Waals surface area contributed by atoms with Crippen LogP contribution in [0.1, 0.15) is 28.7 Å². The molecule has 0 aliphatic heterocycles. The van der Waals surface area contributed by atoms with Gasteiger partial charge in [-0.15, -0.1) is 0 Å². The van der Waals surface area contributed by atoms with E-state index in [1.807, 2.05) is 0 Å². The lowest BCUT2D eigenvalue weighted by atomic mass is 9.96. The Morgan fingerprint density at radius 2 is 2.05 bits per heavy atom. The van der Waals surface area contributed by atoms with Crippen LogP contribution in [0.5, 0.6) is 0 Å². The van der Waals surface area contributed by atoms with Gasteiger partial charge in [-0.3, -0.25) is 4.79 Å². The number of halogens is 1. The van der Waals surface area contributed by atoms with Crippen molar-refractivity contribution in [1.82, 2.24) is 15.6 Å². The molecule has 0 saturated carbocycles. The van der Waals surface area contributed by atoms with Crippen LogP contribution in [0.25, 0.3) is 0 Å². The highest BCUT2D eigenvalue weighted by Crippen LogP contribution is 2.20. The largest absolute Gasteiger partial charge is 0.384 e. The van der Waals surface area contributed by atoms with Crippen LogP contribution < -0.4 is 5.32 Å². The van der Waals surface area contributed by atoms with E-state index in [4.69, 9.17) is 0 Å². The molecular weight excluding hydrogens is 265 g/mol. The Labute approximate surface area is 114 Å². The number of benzene rings is 1. The van der Waals surface area contributed by atoms with Crippen molar-refractivity contribution in [2.24, 2.45) is 0 Å². The Balaban J connectivity index is 2.04. The number of carbonyl (C=O) groups is 1. The van der Waals surface area contributed by atoms with Crippen molar-refractivity contribution in [3.8, 4) is 0 Å². The van der Waals surface area contributed by atoms with Crippen LogP contribution in [0.3, 0.4) is 0 Å². The van der Waals surface area contributed by atoms with Gasteiger partial charge < -0.3 is 10.4 Å². The van der Waals surface area contributed by atoms with Crippen LogP contribution in [0.2, 0.25) is 0 Å². The highest BCUT2D eigenvalue weighted by atomic mass is 19.1. The fraction of sp³-hybridized carbons (Fsp3) is 0.308. The third-order valence-electron chi connectivity index (χ3n) is 2.93. The van der Waals surface area contributed by atoms with E-state index in [9.17, 15) is 14.3 Å². The number of nitrogens with zero attached hydrogens (tertiary/aromatic N) is 2. The van der Waals surface area contributed by atoms with Crippen molar-refractivity contribution >= 4 is 5.91 Å². The first-order valence-corrected chi connectivity index (χ1v) is 5.96. The van der Waals surface area contributed by atoms with Gasteiger partial charge in [-0.05, 0) is 36.7 Å². The van der Waals surface area contributed by atoms with E-state index < -0.39 is 17.3 Å². The number of hydrogen-bond acceptors (Lipinski definition) is 5. The normalized spacial score (nSPS) is 13.8. The molecule has 6 nitrogen and oxygen atoms in total. The van der Waals surface area contributed by atoms with E-state index in [-0.39, 0.29) is 12.2 Å². The number of rotatable bonds is 4. The summed E-state index contributed by atoms with van der Waals surface area (Å²) in [4.78, 5) is 11.8. The minimum absolute atomic E-state index is 0.0518. The maximum atomic E-state index is 12.8. The smallest absolute Gasteiger partial charge is 0.275 e. The SMILES string of the molecule is Cc1nonc1C(=O)NCC(C)(O)c1ccc(F)cc1. The average molecular weight is 279 g/mol. The van der Waals surface area contributed by atoms with Gasteiger partial charge in [0.25, 0.3) is 5.91 Å². The minimum atomic E-state index is -1.32. The summed E-state index contributed by atoms with van der Waals surface area (Å²) in [5.74, 6) is -0.885.